The number of hydrogen-bond donors (Lipinski definition) is 1. The minimum atomic E-state index is 0.582. The fourth-order valence-corrected chi connectivity index (χ4v) is 1.53. The Morgan fingerprint density at radius 2 is 1.80 bits per heavy atom. The van der Waals surface area contributed by atoms with Crippen LogP contribution in [0.2, 0.25) is 0 Å². The summed E-state index contributed by atoms with van der Waals surface area (Å²) in [4.78, 5) is 0. The Morgan fingerprint density at radius 3 is 2.33 bits per heavy atom. The van der Waals surface area contributed by atoms with Gasteiger partial charge < -0.3 is 10.2 Å². The Balaban J connectivity index is 2.28. The molecule has 0 aliphatic rings. The van der Waals surface area contributed by atoms with Crippen molar-refractivity contribution in [3.05, 3.63) is 47.7 Å². The highest BCUT2D eigenvalue weighted by molar-refractivity contribution is 5.57. The molecule has 0 radical (unpaired) electrons. The van der Waals surface area contributed by atoms with Crippen LogP contribution in [-0.2, 0) is 13.0 Å². The number of hydrogen-bond acceptors (Lipinski definition) is 2. The maximum atomic E-state index is 5.66. The lowest BCUT2D eigenvalue weighted by atomic mass is 10.1. The van der Waals surface area contributed by atoms with Crippen molar-refractivity contribution in [2.24, 2.45) is 5.73 Å². The van der Waals surface area contributed by atoms with E-state index in [4.69, 9.17) is 10.2 Å². The van der Waals surface area contributed by atoms with Gasteiger partial charge in [-0.2, -0.15) is 0 Å². The number of furan rings is 1. The Labute approximate surface area is 89.7 Å². The van der Waals surface area contributed by atoms with Crippen LogP contribution in [0.5, 0.6) is 0 Å². The molecule has 2 aromatic rings. The van der Waals surface area contributed by atoms with Gasteiger partial charge in [-0.25, -0.2) is 0 Å². The van der Waals surface area contributed by atoms with Crippen LogP contribution in [0.3, 0.4) is 0 Å². The van der Waals surface area contributed by atoms with Crippen LogP contribution in [0.15, 0.2) is 40.8 Å². The molecule has 0 amide bonds. The first-order chi connectivity index (χ1) is 7.33. The van der Waals surface area contributed by atoms with Gasteiger partial charge in [0.15, 0.2) is 0 Å². The van der Waals surface area contributed by atoms with Crippen LogP contribution in [0, 0.1) is 0 Å². The molecule has 78 valence electrons. The van der Waals surface area contributed by atoms with Crippen molar-refractivity contribution in [1.29, 1.82) is 0 Å². The van der Waals surface area contributed by atoms with E-state index < -0.39 is 0 Å². The summed E-state index contributed by atoms with van der Waals surface area (Å²) < 4.78 is 5.66. The zero-order chi connectivity index (χ0) is 10.7. The average molecular weight is 201 g/mol. The molecule has 0 spiro atoms. The molecule has 2 rings (SSSR count). The minimum Gasteiger partial charge on any atom is -0.461 e. The molecule has 1 aromatic carbocycles. The van der Waals surface area contributed by atoms with E-state index in [1.165, 1.54) is 0 Å². The van der Waals surface area contributed by atoms with E-state index in [0.717, 1.165) is 29.1 Å². The Kier molecular flexibility index (Phi) is 2.88. The first kappa shape index (κ1) is 9.99. The maximum Gasteiger partial charge on any atom is 0.134 e. The topological polar surface area (TPSA) is 39.2 Å². The molecule has 0 bridgehead atoms. The van der Waals surface area contributed by atoms with E-state index in [2.05, 4.69) is 6.92 Å². The molecule has 15 heavy (non-hydrogen) atoms. The van der Waals surface area contributed by atoms with Gasteiger partial charge in [0.05, 0.1) is 0 Å². The summed E-state index contributed by atoms with van der Waals surface area (Å²) in [6.07, 6.45) is 0.931. The van der Waals surface area contributed by atoms with Gasteiger partial charge in [0.1, 0.15) is 11.5 Å². The number of aryl methyl sites for hydroxylation is 1. The molecule has 0 aliphatic carbocycles. The second-order valence-electron chi connectivity index (χ2n) is 3.52. The molecular formula is C13H15NO. The summed E-state index contributed by atoms with van der Waals surface area (Å²) in [6.45, 7) is 2.67. The van der Waals surface area contributed by atoms with Crippen molar-refractivity contribution in [3.8, 4) is 11.3 Å². The summed E-state index contributed by atoms with van der Waals surface area (Å²) in [7, 11) is 0. The van der Waals surface area contributed by atoms with Crippen molar-refractivity contribution < 1.29 is 4.42 Å². The molecule has 1 heterocycles. The average Bonchev–Trinajstić information content (AvgIpc) is 2.78. The normalized spacial score (nSPS) is 10.5. The van der Waals surface area contributed by atoms with E-state index in [1.54, 1.807) is 0 Å². The summed E-state index contributed by atoms with van der Waals surface area (Å²) in [5.41, 5.74) is 7.78. The molecule has 0 aliphatic heterocycles. The summed E-state index contributed by atoms with van der Waals surface area (Å²) in [5, 5.41) is 0. The molecule has 0 unspecified atom stereocenters. The monoisotopic (exact) mass is 201 g/mol. The van der Waals surface area contributed by atoms with E-state index >= 15 is 0 Å². The molecule has 0 fully saturated rings. The van der Waals surface area contributed by atoms with E-state index in [1.807, 2.05) is 36.4 Å². The molecule has 0 saturated heterocycles. The molecule has 2 heteroatoms. The Hall–Kier alpha value is -1.54. The third-order valence-electron chi connectivity index (χ3n) is 2.48. The van der Waals surface area contributed by atoms with Crippen LogP contribution < -0.4 is 5.73 Å². The minimum absolute atomic E-state index is 0.582. The zero-order valence-corrected chi connectivity index (χ0v) is 8.86. The van der Waals surface area contributed by atoms with E-state index in [0.29, 0.717) is 6.54 Å². The number of rotatable bonds is 3. The lowest BCUT2D eigenvalue weighted by Gasteiger charge is -1.99. The lowest BCUT2D eigenvalue weighted by Crippen LogP contribution is -1.94. The van der Waals surface area contributed by atoms with Crippen molar-refractivity contribution >= 4 is 0 Å². The van der Waals surface area contributed by atoms with Crippen LogP contribution in [0.25, 0.3) is 11.3 Å². The smallest absolute Gasteiger partial charge is 0.134 e. The lowest BCUT2D eigenvalue weighted by molar-refractivity contribution is 0.529. The number of nitrogens with two attached hydrogens (primary N) is 1. The highest BCUT2D eigenvalue weighted by atomic mass is 16.3. The van der Waals surface area contributed by atoms with Crippen LogP contribution >= 0.6 is 0 Å². The van der Waals surface area contributed by atoms with Crippen LogP contribution in [0.1, 0.15) is 18.2 Å². The van der Waals surface area contributed by atoms with Crippen molar-refractivity contribution in [2.75, 3.05) is 0 Å². The highest BCUT2D eigenvalue weighted by Gasteiger charge is 2.02. The standard InChI is InChI=1S/C13H15NO/c1-2-12-7-8-13(15-12)11-5-3-10(9-14)4-6-11/h3-8H,2,9,14H2,1H3. The Morgan fingerprint density at radius 1 is 1.07 bits per heavy atom. The van der Waals surface area contributed by atoms with Gasteiger partial charge in [0.2, 0.25) is 0 Å². The van der Waals surface area contributed by atoms with Gasteiger partial charge in [0, 0.05) is 18.5 Å². The second-order valence-corrected chi connectivity index (χ2v) is 3.52. The van der Waals surface area contributed by atoms with Gasteiger partial charge in [0.25, 0.3) is 0 Å². The van der Waals surface area contributed by atoms with Gasteiger partial charge in [-0.1, -0.05) is 31.2 Å². The molecule has 2 N–H and O–H groups in total. The molecule has 2 nitrogen and oxygen atoms in total. The fourth-order valence-electron chi connectivity index (χ4n) is 1.53. The van der Waals surface area contributed by atoms with Crippen molar-refractivity contribution in [2.45, 2.75) is 19.9 Å². The van der Waals surface area contributed by atoms with Crippen LogP contribution in [-0.4, -0.2) is 0 Å². The maximum absolute atomic E-state index is 5.66. The third kappa shape index (κ3) is 2.10. The van der Waals surface area contributed by atoms with Gasteiger partial charge in [-0.05, 0) is 17.7 Å². The highest BCUT2D eigenvalue weighted by Crippen LogP contribution is 2.22. The van der Waals surface area contributed by atoms with E-state index in [-0.39, 0.29) is 0 Å². The summed E-state index contributed by atoms with van der Waals surface area (Å²) >= 11 is 0. The number of benzene rings is 1. The van der Waals surface area contributed by atoms with Crippen molar-refractivity contribution in [1.82, 2.24) is 0 Å². The first-order valence-electron chi connectivity index (χ1n) is 5.21. The van der Waals surface area contributed by atoms with Gasteiger partial charge >= 0.3 is 0 Å². The quantitative estimate of drug-likeness (QED) is 0.829. The van der Waals surface area contributed by atoms with E-state index in [9.17, 15) is 0 Å². The van der Waals surface area contributed by atoms with Gasteiger partial charge in [-0.3, -0.25) is 0 Å². The fraction of sp³-hybridized carbons (Fsp3) is 0.231. The summed E-state index contributed by atoms with van der Waals surface area (Å²) in [5.74, 6) is 1.95. The third-order valence-corrected chi connectivity index (χ3v) is 2.48. The predicted molar refractivity (Wildman–Crippen MR) is 61.4 cm³/mol. The SMILES string of the molecule is CCc1ccc(-c2ccc(CN)cc2)o1. The zero-order valence-electron chi connectivity index (χ0n) is 8.86. The molecule has 0 saturated carbocycles. The van der Waals surface area contributed by atoms with Gasteiger partial charge in [-0.15, -0.1) is 0 Å². The molecule has 1 aromatic heterocycles. The van der Waals surface area contributed by atoms with Crippen LogP contribution in [0.4, 0.5) is 0 Å². The molecular weight excluding hydrogens is 186 g/mol. The van der Waals surface area contributed by atoms with Crippen molar-refractivity contribution in [3.63, 3.8) is 0 Å². The first-order valence-corrected chi connectivity index (χ1v) is 5.21. The second kappa shape index (κ2) is 4.32. The largest absolute Gasteiger partial charge is 0.461 e. The predicted octanol–water partition coefficient (Wildman–Crippen LogP) is 2.97. The summed E-state index contributed by atoms with van der Waals surface area (Å²) in [6, 6.07) is 12.2. The Bertz CT molecular complexity index is 428. The molecule has 0 atom stereocenters.